The maximum atomic E-state index is 13.8. The van der Waals surface area contributed by atoms with Crippen molar-refractivity contribution in [1.82, 2.24) is 14.5 Å². The fourth-order valence-electron chi connectivity index (χ4n) is 3.33. The van der Waals surface area contributed by atoms with Gasteiger partial charge in [-0.1, -0.05) is 12.1 Å². The van der Waals surface area contributed by atoms with E-state index in [0.717, 1.165) is 5.56 Å². The number of aromatic nitrogens is 3. The van der Waals surface area contributed by atoms with Crippen LogP contribution in [0.3, 0.4) is 0 Å². The number of fused-ring (bicyclic) bond motifs is 1. The Morgan fingerprint density at radius 2 is 1.82 bits per heavy atom. The number of anilines is 2. The van der Waals surface area contributed by atoms with Crippen LogP contribution in [0.5, 0.6) is 5.88 Å². The van der Waals surface area contributed by atoms with Gasteiger partial charge in [-0.15, -0.1) is 0 Å². The molecule has 0 atom stereocenters. The van der Waals surface area contributed by atoms with Crippen molar-refractivity contribution < 1.29 is 27.5 Å². The van der Waals surface area contributed by atoms with Gasteiger partial charge in [0.05, 0.1) is 16.8 Å². The maximum absolute atomic E-state index is 13.8. The van der Waals surface area contributed by atoms with Gasteiger partial charge in [0, 0.05) is 18.4 Å². The zero-order chi connectivity index (χ0) is 23.8. The van der Waals surface area contributed by atoms with E-state index >= 15 is 0 Å². The summed E-state index contributed by atoms with van der Waals surface area (Å²) >= 11 is 0. The Bertz CT molecular complexity index is 1330. The van der Waals surface area contributed by atoms with Crippen LogP contribution in [0.2, 0.25) is 0 Å². The molecule has 11 heteroatoms. The van der Waals surface area contributed by atoms with E-state index in [1.165, 1.54) is 6.20 Å². The maximum Gasteiger partial charge on any atom is 0.416 e. The fourth-order valence-corrected chi connectivity index (χ4v) is 3.33. The Labute approximate surface area is 184 Å². The lowest BCUT2D eigenvalue weighted by Gasteiger charge is -2.12. The number of hydrogen-bond acceptors (Lipinski definition) is 4. The number of pyridine rings is 1. The first kappa shape index (κ1) is 22.1. The SMILES string of the molecule is Cc1nc2ccnc(O)c2n1Cc1ccc(NC(=O)Nc2cc(C(F)(F)F)ccc2F)cc1. The molecule has 4 rings (SSSR count). The van der Waals surface area contributed by atoms with Crippen LogP contribution in [0.25, 0.3) is 11.0 Å². The molecular weight excluding hydrogens is 442 g/mol. The van der Waals surface area contributed by atoms with E-state index in [2.05, 4.69) is 20.6 Å². The third-order valence-electron chi connectivity index (χ3n) is 4.92. The molecule has 0 aliphatic carbocycles. The molecule has 0 aliphatic heterocycles. The summed E-state index contributed by atoms with van der Waals surface area (Å²) in [6.07, 6.45) is -3.20. The zero-order valence-electron chi connectivity index (χ0n) is 17.1. The molecule has 0 fully saturated rings. The van der Waals surface area contributed by atoms with Crippen LogP contribution < -0.4 is 10.6 Å². The van der Waals surface area contributed by atoms with Gasteiger partial charge >= 0.3 is 12.2 Å². The number of benzene rings is 2. The van der Waals surface area contributed by atoms with Gasteiger partial charge < -0.3 is 20.3 Å². The number of amides is 2. The summed E-state index contributed by atoms with van der Waals surface area (Å²) in [7, 11) is 0. The first-order chi connectivity index (χ1) is 15.6. The number of carbonyl (C=O) groups excluding carboxylic acids is 1. The predicted molar refractivity (Wildman–Crippen MR) is 114 cm³/mol. The molecule has 2 heterocycles. The number of imidazole rings is 1. The summed E-state index contributed by atoms with van der Waals surface area (Å²) in [6, 6.07) is 9.18. The Kier molecular flexibility index (Phi) is 5.62. The lowest BCUT2D eigenvalue weighted by Crippen LogP contribution is -2.20. The van der Waals surface area contributed by atoms with Crippen molar-refractivity contribution >= 4 is 28.4 Å². The Morgan fingerprint density at radius 3 is 2.52 bits per heavy atom. The molecule has 0 aliphatic rings. The van der Waals surface area contributed by atoms with Crippen molar-refractivity contribution in [3.8, 4) is 5.88 Å². The molecule has 170 valence electrons. The van der Waals surface area contributed by atoms with Gasteiger partial charge in [-0.2, -0.15) is 13.2 Å². The van der Waals surface area contributed by atoms with E-state index in [1.54, 1.807) is 41.8 Å². The summed E-state index contributed by atoms with van der Waals surface area (Å²) in [5.41, 5.74) is 0.620. The smallest absolute Gasteiger partial charge is 0.416 e. The third kappa shape index (κ3) is 4.71. The molecule has 0 bridgehead atoms. The van der Waals surface area contributed by atoms with Gasteiger partial charge in [0.1, 0.15) is 17.2 Å². The molecule has 2 aromatic heterocycles. The third-order valence-corrected chi connectivity index (χ3v) is 4.92. The van der Waals surface area contributed by atoms with Crippen LogP contribution in [0.15, 0.2) is 54.7 Å². The topological polar surface area (TPSA) is 92.1 Å². The van der Waals surface area contributed by atoms with Crippen LogP contribution in [0.1, 0.15) is 17.0 Å². The number of hydrogen-bond donors (Lipinski definition) is 3. The molecule has 0 spiro atoms. The number of alkyl halides is 3. The standard InChI is InChI=1S/C22H17F4N5O2/c1-12-28-17-8-9-27-20(32)19(17)31(12)11-13-2-5-15(6-3-13)29-21(33)30-18-10-14(22(24,25)26)4-7-16(18)23/h2-10H,11H2,1H3,(H,27,32)(H2,29,30,33). The molecule has 2 amide bonds. The predicted octanol–water partition coefficient (Wildman–Crippen LogP) is 5.30. The lowest BCUT2D eigenvalue weighted by molar-refractivity contribution is -0.137. The monoisotopic (exact) mass is 459 g/mol. The average Bonchev–Trinajstić information content (AvgIpc) is 3.06. The van der Waals surface area contributed by atoms with Crippen LogP contribution in [-0.4, -0.2) is 25.7 Å². The normalized spacial score (nSPS) is 11.5. The van der Waals surface area contributed by atoms with Crippen molar-refractivity contribution in [3.63, 3.8) is 0 Å². The van der Waals surface area contributed by atoms with E-state index in [4.69, 9.17) is 0 Å². The number of carbonyl (C=O) groups is 1. The summed E-state index contributed by atoms with van der Waals surface area (Å²) in [4.78, 5) is 20.4. The van der Waals surface area contributed by atoms with E-state index in [9.17, 15) is 27.5 Å². The van der Waals surface area contributed by atoms with Crippen LogP contribution >= 0.6 is 0 Å². The van der Waals surface area contributed by atoms with Crippen LogP contribution in [-0.2, 0) is 12.7 Å². The molecule has 3 N–H and O–H groups in total. The lowest BCUT2D eigenvalue weighted by atomic mass is 10.2. The quantitative estimate of drug-likeness (QED) is 0.362. The van der Waals surface area contributed by atoms with E-state index in [0.29, 0.717) is 47.3 Å². The number of nitrogens with zero attached hydrogens (tertiary/aromatic N) is 3. The number of aryl methyl sites for hydroxylation is 1. The van der Waals surface area contributed by atoms with E-state index in [1.807, 2.05) is 0 Å². The summed E-state index contributed by atoms with van der Waals surface area (Å²) in [5, 5.41) is 14.6. The average molecular weight is 459 g/mol. The Morgan fingerprint density at radius 1 is 1.09 bits per heavy atom. The van der Waals surface area contributed by atoms with Gasteiger partial charge in [0.25, 0.3) is 0 Å². The summed E-state index contributed by atoms with van der Waals surface area (Å²) < 4.78 is 54.1. The van der Waals surface area contributed by atoms with Crippen molar-refractivity contribution in [3.05, 3.63) is 77.5 Å². The summed E-state index contributed by atoms with van der Waals surface area (Å²) in [5.74, 6) is -0.447. The number of nitrogens with one attached hydrogen (secondary N) is 2. The minimum absolute atomic E-state index is 0.134. The molecule has 0 radical (unpaired) electrons. The highest BCUT2D eigenvalue weighted by atomic mass is 19.4. The largest absolute Gasteiger partial charge is 0.492 e. The number of aromatic hydroxyl groups is 1. The molecule has 7 nitrogen and oxygen atoms in total. The highest BCUT2D eigenvalue weighted by molar-refractivity contribution is 5.99. The second-order valence-electron chi connectivity index (χ2n) is 7.22. The second-order valence-corrected chi connectivity index (χ2v) is 7.22. The molecule has 0 saturated heterocycles. The Hall–Kier alpha value is -4.15. The minimum Gasteiger partial charge on any atom is -0.492 e. The van der Waals surface area contributed by atoms with Gasteiger partial charge in [0.15, 0.2) is 0 Å². The summed E-state index contributed by atoms with van der Waals surface area (Å²) in [6.45, 7) is 2.18. The molecule has 0 saturated carbocycles. The van der Waals surface area contributed by atoms with Gasteiger partial charge in [-0.05, 0) is 48.9 Å². The molecular formula is C22H17F4N5O2. The molecule has 33 heavy (non-hydrogen) atoms. The van der Waals surface area contributed by atoms with Crippen LogP contribution in [0, 0.1) is 12.7 Å². The van der Waals surface area contributed by atoms with Gasteiger partial charge in [-0.3, -0.25) is 0 Å². The minimum atomic E-state index is -4.66. The van der Waals surface area contributed by atoms with Crippen molar-refractivity contribution in [2.45, 2.75) is 19.6 Å². The van der Waals surface area contributed by atoms with Crippen LogP contribution in [0.4, 0.5) is 33.7 Å². The second kappa shape index (κ2) is 8.41. The highest BCUT2D eigenvalue weighted by Crippen LogP contribution is 2.32. The Balaban J connectivity index is 1.46. The van der Waals surface area contributed by atoms with Crippen molar-refractivity contribution in [1.29, 1.82) is 0 Å². The fraction of sp³-hybridized carbons (Fsp3) is 0.136. The molecule has 4 aromatic rings. The highest BCUT2D eigenvalue weighted by Gasteiger charge is 2.31. The number of urea groups is 1. The zero-order valence-corrected chi connectivity index (χ0v) is 17.1. The molecule has 0 unspecified atom stereocenters. The van der Waals surface area contributed by atoms with Gasteiger partial charge in [-0.25, -0.2) is 19.2 Å². The van der Waals surface area contributed by atoms with E-state index in [-0.39, 0.29) is 5.88 Å². The number of rotatable bonds is 4. The number of halogens is 4. The van der Waals surface area contributed by atoms with Crippen molar-refractivity contribution in [2.75, 3.05) is 10.6 Å². The van der Waals surface area contributed by atoms with Crippen molar-refractivity contribution in [2.24, 2.45) is 0 Å². The van der Waals surface area contributed by atoms with E-state index < -0.39 is 29.3 Å². The van der Waals surface area contributed by atoms with Gasteiger partial charge in [0.2, 0.25) is 5.88 Å². The first-order valence-electron chi connectivity index (χ1n) is 9.66. The first-order valence-corrected chi connectivity index (χ1v) is 9.66. The molecule has 2 aromatic carbocycles.